The Morgan fingerprint density at radius 1 is 1.00 bits per heavy atom. The number of likely N-dealkylation sites (tertiary alicyclic amines) is 1. The number of amides is 3. The number of piperidine rings is 1. The van der Waals surface area contributed by atoms with Crippen LogP contribution in [0, 0.1) is 0 Å². The van der Waals surface area contributed by atoms with Gasteiger partial charge in [-0.3, -0.25) is 4.79 Å². The Labute approximate surface area is 207 Å². The third kappa shape index (κ3) is 6.41. The van der Waals surface area contributed by atoms with E-state index >= 15 is 0 Å². The first-order valence-corrected chi connectivity index (χ1v) is 12.2. The van der Waals surface area contributed by atoms with Gasteiger partial charge in [-0.25, -0.2) is 4.79 Å². The molecule has 182 valence electrons. The van der Waals surface area contributed by atoms with Crippen LogP contribution in [0.5, 0.6) is 5.75 Å². The molecule has 1 heterocycles. The van der Waals surface area contributed by atoms with Crippen molar-refractivity contribution < 1.29 is 14.3 Å². The molecular formula is C29H33N3O3. The predicted molar refractivity (Wildman–Crippen MR) is 139 cm³/mol. The normalized spacial score (nSPS) is 15.4. The summed E-state index contributed by atoms with van der Waals surface area (Å²) in [6.07, 6.45) is 2.89. The summed E-state index contributed by atoms with van der Waals surface area (Å²) in [5, 5.41) is 6.01. The van der Waals surface area contributed by atoms with Gasteiger partial charge in [0.2, 0.25) is 0 Å². The zero-order valence-electron chi connectivity index (χ0n) is 20.4. The first-order chi connectivity index (χ1) is 17.1. The fraction of sp³-hybridized carbons (Fsp3) is 0.310. The van der Waals surface area contributed by atoms with Gasteiger partial charge in [0.15, 0.2) is 0 Å². The van der Waals surface area contributed by atoms with Crippen LogP contribution in [0.15, 0.2) is 72.8 Å². The minimum atomic E-state index is -0.115. The van der Waals surface area contributed by atoms with Crippen LogP contribution in [0.2, 0.25) is 0 Å². The van der Waals surface area contributed by atoms with Crippen molar-refractivity contribution in [3.8, 4) is 5.75 Å². The third-order valence-electron chi connectivity index (χ3n) is 6.53. The number of benzene rings is 3. The maximum Gasteiger partial charge on any atom is 0.321 e. The molecular weight excluding hydrogens is 438 g/mol. The summed E-state index contributed by atoms with van der Waals surface area (Å²) in [7, 11) is 1.63. The molecule has 0 aromatic heterocycles. The number of nitrogens with zero attached hydrogens (tertiary/aromatic N) is 1. The highest BCUT2D eigenvalue weighted by Gasteiger charge is 2.25. The molecule has 1 aliphatic heterocycles. The molecule has 1 atom stereocenters. The Hall–Kier alpha value is -3.80. The topological polar surface area (TPSA) is 70.7 Å². The number of methoxy groups -OCH3 is 1. The summed E-state index contributed by atoms with van der Waals surface area (Å²) in [6, 6.07) is 23.3. The second-order valence-electron chi connectivity index (χ2n) is 8.93. The molecule has 0 bridgehead atoms. The first kappa shape index (κ1) is 24.3. The fourth-order valence-electron chi connectivity index (χ4n) is 4.46. The molecule has 4 rings (SSSR count). The molecule has 0 radical (unpaired) electrons. The Balaban J connectivity index is 1.36. The van der Waals surface area contributed by atoms with E-state index in [0.29, 0.717) is 18.7 Å². The van der Waals surface area contributed by atoms with Crippen molar-refractivity contribution in [2.45, 2.75) is 38.6 Å². The lowest BCUT2D eigenvalue weighted by atomic mass is 9.89. The van der Waals surface area contributed by atoms with E-state index in [9.17, 15) is 9.59 Å². The lowest BCUT2D eigenvalue weighted by molar-refractivity contribution is 0.0950. The molecule has 0 aliphatic carbocycles. The highest BCUT2D eigenvalue weighted by atomic mass is 16.5. The predicted octanol–water partition coefficient (Wildman–Crippen LogP) is 5.60. The number of rotatable bonds is 7. The number of urea groups is 1. The maximum absolute atomic E-state index is 12.9. The minimum Gasteiger partial charge on any atom is -0.497 e. The molecule has 0 unspecified atom stereocenters. The monoisotopic (exact) mass is 471 g/mol. The van der Waals surface area contributed by atoms with Crippen LogP contribution in [0.4, 0.5) is 10.5 Å². The number of anilines is 1. The largest absolute Gasteiger partial charge is 0.497 e. The van der Waals surface area contributed by atoms with Gasteiger partial charge in [-0.05, 0) is 72.4 Å². The number of ether oxygens (including phenoxy) is 1. The van der Waals surface area contributed by atoms with E-state index in [2.05, 4.69) is 17.6 Å². The van der Waals surface area contributed by atoms with E-state index in [4.69, 9.17) is 4.74 Å². The number of carbonyl (C=O) groups excluding carboxylic acids is 2. The van der Waals surface area contributed by atoms with Crippen LogP contribution in [0.1, 0.15) is 52.7 Å². The van der Waals surface area contributed by atoms with Crippen LogP contribution in [-0.2, 0) is 13.0 Å². The van der Waals surface area contributed by atoms with Gasteiger partial charge < -0.3 is 20.3 Å². The van der Waals surface area contributed by atoms with Crippen molar-refractivity contribution in [3.63, 3.8) is 0 Å². The zero-order chi connectivity index (χ0) is 24.6. The van der Waals surface area contributed by atoms with Crippen molar-refractivity contribution in [2.24, 2.45) is 0 Å². The van der Waals surface area contributed by atoms with Gasteiger partial charge in [0.25, 0.3) is 5.91 Å². The smallest absolute Gasteiger partial charge is 0.321 e. The van der Waals surface area contributed by atoms with Crippen molar-refractivity contribution in [1.29, 1.82) is 0 Å². The second kappa shape index (κ2) is 11.6. The Kier molecular flexibility index (Phi) is 8.03. The molecule has 3 aromatic rings. The lowest BCUT2D eigenvalue weighted by Crippen LogP contribution is -2.41. The molecule has 0 spiro atoms. The van der Waals surface area contributed by atoms with Crippen molar-refractivity contribution in [1.82, 2.24) is 10.2 Å². The molecule has 2 N–H and O–H groups in total. The fourth-order valence-corrected chi connectivity index (χ4v) is 4.46. The van der Waals surface area contributed by atoms with E-state index in [1.165, 1.54) is 5.56 Å². The van der Waals surface area contributed by atoms with Gasteiger partial charge >= 0.3 is 6.03 Å². The quantitative estimate of drug-likeness (QED) is 0.471. The average molecular weight is 472 g/mol. The van der Waals surface area contributed by atoms with Gasteiger partial charge in [-0.15, -0.1) is 0 Å². The molecule has 0 saturated carbocycles. The Bertz CT molecular complexity index is 1160. The van der Waals surface area contributed by atoms with Crippen molar-refractivity contribution >= 4 is 17.6 Å². The molecule has 6 nitrogen and oxygen atoms in total. The van der Waals surface area contributed by atoms with E-state index in [1.54, 1.807) is 7.11 Å². The third-order valence-corrected chi connectivity index (χ3v) is 6.53. The molecule has 1 fully saturated rings. The SMILES string of the molecule is CCc1ccc(NC(=O)N2CCC[C@@H](c3cccc(C(=O)NCc4cccc(OC)c4)c3)C2)cc1. The molecule has 35 heavy (non-hydrogen) atoms. The van der Waals surface area contributed by atoms with Gasteiger partial charge in [0.05, 0.1) is 7.11 Å². The van der Waals surface area contributed by atoms with Crippen LogP contribution in [0.3, 0.4) is 0 Å². The van der Waals surface area contributed by atoms with E-state index in [0.717, 1.165) is 48.4 Å². The summed E-state index contributed by atoms with van der Waals surface area (Å²) in [4.78, 5) is 27.6. The molecule has 6 heteroatoms. The number of nitrogens with one attached hydrogen (secondary N) is 2. The molecule has 1 aliphatic rings. The second-order valence-corrected chi connectivity index (χ2v) is 8.93. The van der Waals surface area contributed by atoms with Gasteiger partial charge in [0.1, 0.15) is 5.75 Å². The molecule has 3 aromatic carbocycles. The van der Waals surface area contributed by atoms with Crippen LogP contribution < -0.4 is 15.4 Å². The Morgan fingerprint density at radius 2 is 1.80 bits per heavy atom. The highest BCUT2D eigenvalue weighted by Crippen LogP contribution is 2.28. The highest BCUT2D eigenvalue weighted by molar-refractivity contribution is 5.94. The summed E-state index contributed by atoms with van der Waals surface area (Å²) in [6.45, 7) is 3.90. The van der Waals surface area contributed by atoms with Crippen molar-refractivity contribution in [2.75, 3.05) is 25.5 Å². The number of hydrogen-bond acceptors (Lipinski definition) is 3. The van der Waals surface area contributed by atoms with Gasteiger partial charge in [0, 0.05) is 36.8 Å². The lowest BCUT2D eigenvalue weighted by Gasteiger charge is -2.33. The summed E-state index contributed by atoms with van der Waals surface area (Å²) < 4.78 is 5.25. The first-order valence-electron chi connectivity index (χ1n) is 12.2. The average Bonchev–Trinajstić information content (AvgIpc) is 2.92. The Morgan fingerprint density at radius 3 is 2.57 bits per heavy atom. The van der Waals surface area contributed by atoms with Gasteiger partial charge in [-0.2, -0.15) is 0 Å². The number of carbonyl (C=O) groups is 2. The van der Waals surface area contributed by atoms with Crippen LogP contribution >= 0.6 is 0 Å². The van der Waals surface area contributed by atoms with E-state index in [-0.39, 0.29) is 17.9 Å². The molecule has 3 amide bonds. The standard InChI is InChI=1S/C29H33N3O3/c1-3-21-12-14-26(15-13-21)31-29(34)32-16-6-10-25(20-32)23-8-5-9-24(18-23)28(33)30-19-22-7-4-11-27(17-22)35-2/h4-5,7-9,11-15,17-18,25H,3,6,10,16,19-20H2,1-2H3,(H,30,33)(H,31,34)/t25-/m1/s1. The van der Waals surface area contributed by atoms with Gasteiger partial charge in [-0.1, -0.05) is 43.3 Å². The number of hydrogen-bond donors (Lipinski definition) is 2. The summed E-state index contributed by atoms with van der Waals surface area (Å²) in [5.74, 6) is 0.848. The zero-order valence-corrected chi connectivity index (χ0v) is 20.4. The number of aryl methyl sites for hydroxylation is 1. The van der Waals surface area contributed by atoms with Crippen LogP contribution in [-0.4, -0.2) is 37.0 Å². The van der Waals surface area contributed by atoms with E-state index < -0.39 is 0 Å². The minimum absolute atomic E-state index is 0.0777. The summed E-state index contributed by atoms with van der Waals surface area (Å²) >= 11 is 0. The maximum atomic E-state index is 12.9. The van der Waals surface area contributed by atoms with Crippen LogP contribution in [0.25, 0.3) is 0 Å². The van der Waals surface area contributed by atoms with E-state index in [1.807, 2.05) is 77.7 Å². The molecule has 1 saturated heterocycles. The van der Waals surface area contributed by atoms with Crippen molar-refractivity contribution in [3.05, 3.63) is 95.1 Å². The summed E-state index contributed by atoms with van der Waals surface area (Å²) in [5.41, 5.74) is 4.75.